The molecule has 1 aromatic carbocycles. The molecule has 1 atom stereocenters. The van der Waals surface area contributed by atoms with Crippen LogP contribution in [0, 0.1) is 11.3 Å². The second-order valence-electron chi connectivity index (χ2n) is 4.85. The van der Waals surface area contributed by atoms with Gasteiger partial charge >= 0.3 is 0 Å². The van der Waals surface area contributed by atoms with Gasteiger partial charge in [0.15, 0.2) is 0 Å². The summed E-state index contributed by atoms with van der Waals surface area (Å²) in [6.07, 6.45) is 2.50. The molecule has 0 bridgehead atoms. The number of benzene rings is 1. The molecule has 2 heterocycles. The van der Waals surface area contributed by atoms with Gasteiger partial charge in [-0.05, 0) is 35.9 Å². The minimum absolute atomic E-state index is 0.0669. The van der Waals surface area contributed by atoms with Crippen LogP contribution in [0.3, 0.4) is 0 Å². The minimum Gasteiger partial charge on any atom is -0.415 e. The Morgan fingerprint density at radius 1 is 1.17 bits per heavy atom. The third-order valence-corrected chi connectivity index (χ3v) is 4.26. The molecule has 1 unspecified atom stereocenters. The van der Waals surface area contributed by atoms with Crippen molar-refractivity contribution in [1.82, 2.24) is 15.2 Å². The Balaban J connectivity index is 1.84. The number of aromatic nitrogens is 3. The van der Waals surface area contributed by atoms with Crippen molar-refractivity contribution in [2.75, 3.05) is 0 Å². The zero-order chi connectivity index (χ0) is 16.1. The Bertz CT molecular complexity index is 826. The summed E-state index contributed by atoms with van der Waals surface area (Å²) in [5, 5.41) is 18.3. The van der Waals surface area contributed by atoms with Crippen molar-refractivity contribution in [3.8, 4) is 6.07 Å². The second kappa shape index (κ2) is 7.07. The Morgan fingerprint density at radius 3 is 2.74 bits per heavy atom. The van der Waals surface area contributed by atoms with Gasteiger partial charge in [0.25, 0.3) is 5.22 Å². The molecule has 3 aromatic rings. The third-order valence-electron chi connectivity index (χ3n) is 3.41. The van der Waals surface area contributed by atoms with Gasteiger partial charge in [0, 0.05) is 6.20 Å². The molecule has 3 rings (SSSR count). The molecule has 2 aromatic heterocycles. The molecule has 114 valence electrons. The Kier molecular flexibility index (Phi) is 4.69. The fourth-order valence-electron chi connectivity index (χ4n) is 2.28. The molecule has 5 nitrogen and oxygen atoms in total. The number of nitriles is 1. The largest absolute Gasteiger partial charge is 0.415 e. The van der Waals surface area contributed by atoms with Gasteiger partial charge in [0.05, 0.1) is 11.5 Å². The van der Waals surface area contributed by atoms with Crippen molar-refractivity contribution in [2.45, 2.75) is 29.5 Å². The highest BCUT2D eigenvalue weighted by Gasteiger charge is 2.20. The van der Waals surface area contributed by atoms with Gasteiger partial charge in [0.2, 0.25) is 5.89 Å². The smallest absolute Gasteiger partial charge is 0.283 e. The van der Waals surface area contributed by atoms with Crippen LogP contribution in [0.25, 0.3) is 0 Å². The zero-order valence-electron chi connectivity index (χ0n) is 12.5. The fourth-order valence-corrected chi connectivity index (χ4v) is 2.99. The van der Waals surface area contributed by atoms with Crippen molar-refractivity contribution in [2.24, 2.45) is 0 Å². The van der Waals surface area contributed by atoms with Gasteiger partial charge < -0.3 is 4.42 Å². The standard InChI is InChI=1S/C17H14N4OS/c1-2-14(12-7-4-3-5-8-12)15-20-21-17(22-15)23-16-13(11-18)9-6-10-19-16/h3-10,14H,2H2,1H3. The van der Waals surface area contributed by atoms with Gasteiger partial charge in [0.1, 0.15) is 11.1 Å². The molecule has 6 heteroatoms. The molecule has 0 amide bonds. The maximum absolute atomic E-state index is 9.11. The van der Waals surface area contributed by atoms with Crippen molar-refractivity contribution < 1.29 is 4.42 Å². The van der Waals surface area contributed by atoms with Crippen LogP contribution in [-0.4, -0.2) is 15.2 Å². The lowest BCUT2D eigenvalue weighted by atomic mass is 9.97. The van der Waals surface area contributed by atoms with E-state index in [1.807, 2.05) is 18.2 Å². The Morgan fingerprint density at radius 2 is 2.00 bits per heavy atom. The fraction of sp³-hybridized carbons (Fsp3) is 0.176. The number of rotatable bonds is 5. The summed E-state index contributed by atoms with van der Waals surface area (Å²) >= 11 is 1.21. The van der Waals surface area contributed by atoms with Crippen LogP contribution in [-0.2, 0) is 0 Å². The maximum Gasteiger partial charge on any atom is 0.283 e. The van der Waals surface area contributed by atoms with Gasteiger partial charge in [-0.25, -0.2) is 4.98 Å². The number of pyridine rings is 1. The average molecular weight is 322 g/mol. The number of nitrogens with zero attached hydrogens (tertiary/aromatic N) is 4. The molecule has 0 fully saturated rings. The van der Waals surface area contributed by atoms with E-state index in [4.69, 9.17) is 9.68 Å². The summed E-state index contributed by atoms with van der Waals surface area (Å²) in [6, 6.07) is 15.6. The first-order valence-corrected chi connectivity index (χ1v) is 8.04. The van der Waals surface area contributed by atoms with Gasteiger partial charge in [-0.1, -0.05) is 37.3 Å². The molecule has 0 saturated carbocycles. The number of hydrogen-bond donors (Lipinski definition) is 0. The molecule has 0 N–H and O–H groups in total. The summed E-state index contributed by atoms with van der Waals surface area (Å²) < 4.78 is 5.79. The highest BCUT2D eigenvalue weighted by molar-refractivity contribution is 7.99. The van der Waals surface area contributed by atoms with E-state index in [2.05, 4.69) is 40.3 Å². The van der Waals surface area contributed by atoms with Crippen LogP contribution in [0.1, 0.15) is 36.3 Å². The highest BCUT2D eigenvalue weighted by Crippen LogP contribution is 2.31. The molecule has 23 heavy (non-hydrogen) atoms. The molecule has 0 radical (unpaired) electrons. The molecule has 0 saturated heterocycles. The topological polar surface area (TPSA) is 75.6 Å². The third kappa shape index (κ3) is 3.41. The first kappa shape index (κ1) is 15.3. The van der Waals surface area contributed by atoms with Crippen molar-refractivity contribution in [3.05, 3.63) is 65.7 Å². The molecular weight excluding hydrogens is 308 g/mol. The normalized spacial score (nSPS) is 11.8. The maximum atomic E-state index is 9.11. The summed E-state index contributed by atoms with van der Waals surface area (Å²) in [7, 11) is 0. The lowest BCUT2D eigenvalue weighted by Gasteiger charge is -2.10. The van der Waals surface area contributed by atoms with E-state index in [1.165, 1.54) is 11.8 Å². The number of hydrogen-bond acceptors (Lipinski definition) is 6. The van der Waals surface area contributed by atoms with Crippen LogP contribution in [0.15, 0.2) is 63.3 Å². The van der Waals surface area contributed by atoms with Gasteiger partial charge in [-0.3, -0.25) is 0 Å². The van der Waals surface area contributed by atoms with E-state index in [0.29, 0.717) is 21.7 Å². The van der Waals surface area contributed by atoms with Gasteiger partial charge in [-0.15, -0.1) is 10.2 Å². The van der Waals surface area contributed by atoms with E-state index in [9.17, 15) is 0 Å². The van der Waals surface area contributed by atoms with E-state index in [-0.39, 0.29) is 5.92 Å². The summed E-state index contributed by atoms with van der Waals surface area (Å²) in [5.41, 5.74) is 1.64. The summed E-state index contributed by atoms with van der Waals surface area (Å²) in [4.78, 5) is 4.19. The molecule has 0 spiro atoms. The van der Waals surface area contributed by atoms with Crippen LogP contribution in [0.2, 0.25) is 0 Å². The van der Waals surface area contributed by atoms with E-state index in [1.54, 1.807) is 18.3 Å². The molecular formula is C17H14N4OS. The van der Waals surface area contributed by atoms with E-state index >= 15 is 0 Å². The quantitative estimate of drug-likeness (QED) is 0.706. The van der Waals surface area contributed by atoms with E-state index < -0.39 is 0 Å². The van der Waals surface area contributed by atoms with Gasteiger partial charge in [-0.2, -0.15) is 5.26 Å². The minimum atomic E-state index is 0.0669. The average Bonchev–Trinajstić information content (AvgIpc) is 3.05. The van der Waals surface area contributed by atoms with Crippen molar-refractivity contribution >= 4 is 11.8 Å². The van der Waals surface area contributed by atoms with Crippen molar-refractivity contribution in [1.29, 1.82) is 5.26 Å². The van der Waals surface area contributed by atoms with Crippen molar-refractivity contribution in [3.63, 3.8) is 0 Å². The lowest BCUT2D eigenvalue weighted by molar-refractivity contribution is 0.395. The zero-order valence-corrected chi connectivity index (χ0v) is 13.3. The van der Waals surface area contributed by atoms with E-state index in [0.717, 1.165) is 12.0 Å². The lowest BCUT2D eigenvalue weighted by Crippen LogP contribution is -1.99. The van der Waals surface area contributed by atoms with Crippen LogP contribution in [0.4, 0.5) is 0 Å². The molecule has 0 aliphatic rings. The summed E-state index contributed by atoms with van der Waals surface area (Å²) in [5.74, 6) is 0.646. The first-order chi connectivity index (χ1) is 11.3. The molecule has 0 aliphatic carbocycles. The first-order valence-electron chi connectivity index (χ1n) is 7.23. The SMILES string of the molecule is CCC(c1ccccc1)c1nnc(Sc2ncccc2C#N)o1. The Hall–Kier alpha value is -2.65. The predicted octanol–water partition coefficient (Wildman–Crippen LogP) is 4.03. The second-order valence-corrected chi connectivity index (χ2v) is 5.79. The predicted molar refractivity (Wildman–Crippen MR) is 85.9 cm³/mol. The van der Waals surface area contributed by atoms with Crippen LogP contribution < -0.4 is 0 Å². The highest BCUT2D eigenvalue weighted by atomic mass is 32.2. The Labute approximate surface area is 138 Å². The summed E-state index contributed by atoms with van der Waals surface area (Å²) in [6.45, 7) is 2.08. The van der Waals surface area contributed by atoms with Crippen LogP contribution in [0.5, 0.6) is 0 Å². The monoisotopic (exact) mass is 322 g/mol. The van der Waals surface area contributed by atoms with Crippen LogP contribution >= 0.6 is 11.8 Å². The molecule has 0 aliphatic heterocycles.